The molecule has 3 heterocycles. The smallest absolute Gasteiger partial charge is 0.253 e. The molecule has 1 aliphatic rings. The van der Waals surface area contributed by atoms with Crippen molar-refractivity contribution < 1.29 is 4.79 Å². The van der Waals surface area contributed by atoms with Crippen LogP contribution in [-0.4, -0.2) is 43.8 Å². The first-order valence-electron chi connectivity index (χ1n) is 9.32. The summed E-state index contributed by atoms with van der Waals surface area (Å²) in [6.45, 7) is 5.34. The second kappa shape index (κ2) is 7.31. The molecule has 138 valence electrons. The Bertz CT molecular complexity index is 950. The summed E-state index contributed by atoms with van der Waals surface area (Å²) in [5.74, 6) is 1.78. The second-order valence-electron chi connectivity index (χ2n) is 7.10. The fraction of sp³-hybridized carbons (Fsp3) is 0.333. The SMILES string of the molecule is Cc1nc(-c2ncc(C)[nH]2)cc(C2CCCN(C(=O)c3ccccc3)C2)n1. The summed E-state index contributed by atoms with van der Waals surface area (Å²) in [7, 11) is 0. The number of aryl methyl sites for hydroxylation is 2. The van der Waals surface area contributed by atoms with Gasteiger partial charge in [0.15, 0.2) is 5.82 Å². The van der Waals surface area contributed by atoms with Crippen molar-refractivity contribution in [2.45, 2.75) is 32.6 Å². The maximum atomic E-state index is 12.8. The van der Waals surface area contributed by atoms with Crippen molar-refractivity contribution in [3.63, 3.8) is 0 Å². The molecule has 3 aromatic rings. The van der Waals surface area contributed by atoms with E-state index < -0.39 is 0 Å². The third kappa shape index (κ3) is 3.74. The van der Waals surface area contributed by atoms with Crippen LogP contribution in [0.4, 0.5) is 0 Å². The number of H-pyrrole nitrogens is 1. The third-order valence-corrected chi connectivity index (χ3v) is 4.95. The molecule has 1 saturated heterocycles. The predicted molar refractivity (Wildman–Crippen MR) is 103 cm³/mol. The van der Waals surface area contributed by atoms with Gasteiger partial charge in [-0.15, -0.1) is 0 Å². The number of likely N-dealkylation sites (tertiary alicyclic amines) is 1. The summed E-state index contributed by atoms with van der Waals surface area (Å²) in [5.41, 5.74) is 3.53. The van der Waals surface area contributed by atoms with E-state index >= 15 is 0 Å². The van der Waals surface area contributed by atoms with Gasteiger partial charge in [0.05, 0.1) is 0 Å². The molecule has 1 atom stereocenters. The largest absolute Gasteiger partial charge is 0.341 e. The van der Waals surface area contributed by atoms with E-state index in [0.717, 1.165) is 53.7 Å². The Hall–Kier alpha value is -3.02. The number of amides is 1. The normalized spacial score (nSPS) is 17.1. The van der Waals surface area contributed by atoms with Crippen LogP contribution >= 0.6 is 0 Å². The van der Waals surface area contributed by atoms with Crippen molar-refractivity contribution in [1.29, 1.82) is 0 Å². The van der Waals surface area contributed by atoms with Crippen molar-refractivity contribution in [2.24, 2.45) is 0 Å². The summed E-state index contributed by atoms with van der Waals surface area (Å²) < 4.78 is 0. The summed E-state index contributed by atoms with van der Waals surface area (Å²) in [4.78, 5) is 31.6. The van der Waals surface area contributed by atoms with Crippen LogP contribution < -0.4 is 0 Å². The topological polar surface area (TPSA) is 74.8 Å². The Morgan fingerprint density at radius 1 is 1.19 bits per heavy atom. The molecule has 1 aliphatic heterocycles. The van der Waals surface area contributed by atoms with Crippen LogP contribution in [0.25, 0.3) is 11.5 Å². The number of piperidine rings is 1. The minimum absolute atomic E-state index is 0.0907. The van der Waals surface area contributed by atoms with Gasteiger partial charge in [-0.2, -0.15) is 0 Å². The molecule has 4 rings (SSSR count). The molecule has 1 fully saturated rings. The molecule has 1 unspecified atom stereocenters. The predicted octanol–water partition coefficient (Wildman–Crippen LogP) is 3.50. The summed E-state index contributed by atoms with van der Waals surface area (Å²) in [6.07, 6.45) is 3.79. The lowest BCUT2D eigenvalue weighted by atomic mass is 9.93. The van der Waals surface area contributed by atoms with Crippen LogP contribution in [0.2, 0.25) is 0 Å². The highest BCUT2D eigenvalue weighted by Gasteiger charge is 2.27. The van der Waals surface area contributed by atoms with Crippen LogP contribution in [0.3, 0.4) is 0 Å². The van der Waals surface area contributed by atoms with Crippen molar-refractivity contribution >= 4 is 5.91 Å². The minimum Gasteiger partial charge on any atom is -0.341 e. The Labute approximate surface area is 158 Å². The second-order valence-corrected chi connectivity index (χ2v) is 7.10. The van der Waals surface area contributed by atoms with E-state index in [1.165, 1.54) is 0 Å². The number of carbonyl (C=O) groups is 1. The van der Waals surface area contributed by atoms with Gasteiger partial charge in [-0.05, 0) is 44.9 Å². The summed E-state index contributed by atoms with van der Waals surface area (Å²) in [5, 5.41) is 0. The summed E-state index contributed by atoms with van der Waals surface area (Å²) in [6, 6.07) is 11.5. The van der Waals surface area contributed by atoms with Crippen molar-refractivity contribution in [3.8, 4) is 11.5 Å². The lowest BCUT2D eigenvalue weighted by Gasteiger charge is -2.32. The zero-order valence-corrected chi connectivity index (χ0v) is 15.6. The lowest BCUT2D eigenvalue weighted by Crippen LogP contribution is -2.39. The Balaban J connectivity index is 1.58. The molecular formula is C21H23N5O. The maximum Gasteiger partial charge on any atom is 0.253 e. The van der Waals surface area contributed by atoms with Crippen LogP contribution in [0.15, 0.2) is 42.6 Å². The van der Waals surface area contributed by atoms with E-state index in [-0.39, 0.29) is 11.8 Å². The molecule has 0 aliphatic carbocycles. The quantitative estimate of drug-likeness (QED) is 0.775. The number of nitrogens with zero attached hydrogens (tertiary/aromatic N) is 4. The molecule has 0 spiro atoms. The number of hydrogen-bond acceptors (Lipinski definition) is 4. The number of nitrogens with one attached hydrogen (secondary N) is 1. The van der Waals surface area contributed by atoms with Crippen LogP contribution in [0.5, 0.6) is 0 Å². The molecule has 1 N–H and O–H groups in total. The number of hydrogen-bond donors (Lipinski definition) is 1. The first kappa shape index (κ1) is 17.4. The van der Waals surface area contributed by atoms with Crippen LogP contribution in [0.1, 0.15) is 46.3 Å². The van der Waals surface area contributed by atoms with Crippen molar-refractivity contribution in [3.05, 3.63) is 65.4 Å². The van der Waals surface area contributed by atoms with Crippen molar-refractivity contribution in [2.75, 3.05) is 13.1 Å². The van der Waals surface area contributed by atoms with E-state index in [0.29, 0.717) is 6.54 Å². The van der Waals surface area contributed by atoms with Gasteiger partial charge in [-0.25, -0.2) is 15.0 Å². The minimum atomic E-state index is 0.0907. The van der Waals surface area contributed by atoms with Crippen LogP contribution in [-0.2, 0) is 0 Å². The van der Waals surface area contributed by atoms with E-state index in [9.17, 15) is 4.79 Å². The average molecular weight is 361 g/mol. The Kier molecular flexibility index (Phi) is 4.71. The monoisotopic (exact) mass is 361 g/mol. The number of aromatic amines is 1. The van der Waals surface area contributed by atoms with Gasteiger partial charge in [0.1, 0.15) is 11.5 Å². The average Bonchev–Trinajstić information content (AvgIpc) is 3.14. The molecule has 0 bridgehead atoms. The Morgan fingerprint density at radius 2 is 2.00 bits per heavy atom. The molecule has 1 amide bonds. The molecule has 0 saturated carbocycles. The standard InChI is InChI=1S/C21H23N5O/c1-14-12-22-20(23-14)19-11-18(24-15(2)25-19)17-9-6-10-26(13-17)21(27)16-7-4-3-5-8-16/h3-5,7-8,11-12,17H,6,9-10,13H2,1-2H3,(H,22,23). The molecule has 1 aromatic carbocycles. The highest BCUT2D eigenvalue weighted by Crippen LogP contribution is 2.28. The number of carbonyl (C=O) groups excluding carboxylic acids is 1. The van der Waals surface area contributed by atoms with Gasteiger partial charge < -0.3 is 9.88 Å². The Morgan fingerprint density at radius 3 is 2.74 bits per heavy atom. The zero-order chi connectivity index (χ0) is 18.8. The molecule has 0 radical (unpaired) electrons. The highest BCUT2D eigenvalue weighted by atomic mass is 16.2. The van der Waals surface area contributed by atoms with Crippen LogP contribution in [0, 0.1) is 13.8 Å². The van der Waals surface area contributed by atoms with E-state index in [2.05, 4.69) is 19.9 Å². The highest BCUT2D eigenvalue weighted by molar-refractivity contribution is 5.94. The number of rotatable bonds is 3. The van der Waals surface area contributed by atoms with Gasteiger partial charge in [-0.1, -0.05) is 18.2 Å². The molecule has 2 aromatic heterocycles. The lowest BCUT2D eigenvalue weighted by molar-refractivity contribution is 0.0706. The first-order chi connectivity index (χ1) is 13.1. The van der Waals surface area contributed by atoms with E-state index in [1.54, 1.807) is 6.20 Å². The van der Waals surface area contributed by atoms with Gasteiger partial charge >= 0.3 is 0 Å². The van der Waals surface area contributed by atoms with Gasteiger partial charge in [-0.3, -0.25) is 4.79 Å². The first-order valence-corrected chi connectivity index (χ1v) is 9.32. The number of benzene rings is 1. The van der Waals surface area contributed by atoms with Gasteiger partial charge in [0, 0.05) is 42.2 Å². The molecule has 27 heavy (non-hydrogen) atoms. The third-order valence-electron chi connectivity index (χ3n) is 4.95. The van der Waals surface area contributed by atoms with E-state index in [4.69, 9.17) is 0 Å². The fourth-order valence-electron chi connectivity index (χ4n) is 3.63. The molecule has 6 nitrogen and oxygen atoms in total. The van der Waals surface area contributed by atoms with Gasteiger partial charge in [0.25, 0.3) is 5.91 Å². The van der Waals surface area contributed by atoms with E-state index in [1.807, 2.05) is 55.1 Å². The fourth-order valence-corrected chi connectivity index (χ4v) is 3.63. The molecular weight excluding hydrogens is 338 g/mol. The van der Waals surface area contributed by atoms with Gasteiger partial charge in [0.2, 0.25) is 0 Å². The molecule has 6 heteroatoms. The summed E-state index contributed by atoms with van der Waals surface area (Å²) >= 11 is 0. The zero-order valence-electron chi connectivity index (χ0n) is 15.6. The number of imidazole rings is 1. The number of aromatic nitrogens is 4. The van der Waals surface area contributed by atoms with Crippen molar-refractivity contribution in [1.82, 2.24) is 24.8 Å². The maximum absolute atomic E-state index is 12.8.